The number of amides is 1. The Kier molecular flexibility index (Phi) is 7.58. The number of carbonyl (C=O) groups is 2. The van der Waals surface area contributed by atoms with Gasteiger partial charge in [0.05, 0.1) is 15.7 Å². The molecular weight excluding hydrogens is 503 g/mol. The molecule has 0 saturated carbocycles. The van der Waals surface area contributed by atoms with Crippen LogP contribution in [0.2, 0.25) is 0 Å². The van der Waals surface area contributed by atoms with Gasteiger partial charge in [0.2, 0.25) is 0 Å². The second-order valence-electron chi connectivity index (χ2n) is 9.31. The lowest BCUT2D eigenvalue weighted by Gasteiger charge is -2.37. The molecule has 1 N–H and O–H groups in total. The van der Waals surface area contributed by atoms with E-state index in [-0.39, 0.29) is 35.8 Å². The number of aliphatic carboxylic acids is 1. The standard InChI is InChI=1S/C24H26F3NO7S/c1-23(2,3)35-22(31)28-13-12-19(14-20(28)21(29)30)36(32,33)18-10-8-17(9-11-18)34-16-6-4-15(5-7-16)24(25,26)27/h4-11,19-20H,12-14H2,1-3H3,(H,29,30). The molecule has 0 radical (unpaired) electrons. The number of hydrogen-bond acceptors (Lipinski definition) is 6. The molecule has 196 valence electrons. The minimum atomic E-state index is -4.47. The third-order valence-corrected chi connectivity index (χ3v) is 7.71. The number of halogens is 3. The zero-order valence-electron chi connectivity index (χ0n) is 19.8. The zero-order chi connectivity index (χ0) is 26.9. The SMILES string of the molecule is CC(C)(C)OC(=O)N1CCC(S(=O)(=O)c2ccc(Oc3ccc(C(F)(F)F)cc3)cc2)CC1C(=O)O. The fourth-order valence-electron chi connectivity index (χ4n) is 3.73. The number of carboxylic acid groups (broad SMARTS) is 1. The van der Waals surface area contributed by atoms with Crippen LogP contribution in [-0.4, -0.2) is 53.9 Å². The molecule has 3 rings (SSSR count). The third-order valence-electron chi connectivity index (χ3n) is 5.48. The molecule has 1 fully saturated rings. The molecule has 1 amide bonds. The molecule has 0 aromatic heterocycles. The molecule has 0 spiro atoms. The highest BCUT2D eigenvalue weighted by atomic mass is 32.2. The Balaban J connectivity index is 1.72. The molecular formula is C24H26F3NO7S. The van der Waals surface area contributed by atoms with Crippen molar-refractivity contribution in [3.05, 3.63) is 54.1 Å². The van der Waals surface area contributed by atoms with Gasteiger partial charge in [0.15, 0.2) is 9.84 Å². The van der Waals surface area contributed by atoms with E-state index < -0.39 is 50.5 Å². The second-order valence-corrected chi connectivity index (χ2v) is 11.5. The molecule has 2 aromatic rings. The van der Waals surface area contributed by atoms with Gasteiger partial charge in [-0.1, -0.05) is 0 Å². The van der Waals surface area contributed by atoms with E-state index in [1.54, 1.807) is 20.8 Å². The normalized spacial score (nSPS) is 19.0. The molecule has 1 heterocycles. The summed E-state index contributed by atoms with van der Waals surface area (Å²) in [6.45, 7) is 4.82. The highest BCUT2D eigenvalue weighted by molar-refractivity contribution is 7.92. The summed E-state index contributed by atoms with van der Waals surface area (Å²) in [7, 11) is -3.95. The quantitative estimate of drug-likeness (QED) is 0.572. The summed E-state index contributed by atoms with van der Waals surface area (Å²) < 4.78 is 75.2. The lowest BCUT2D eigenvalue weighted by Crippen LogP contribution is -2.53. The predicted octanol–water partition coefficient (Wildman–Crippen LogP) is 5.12. The van der Waals surface area contributed by atoms with Crippen LogP contribution in [0, 0.1) is 0 Å². The monoisotopic (exact) mass is 529 g/mol. The van der Waals surface area contributed by atoms with Crippen LogP contribution in [0.3, 0.4) is 0 Å². The van der Waals surface area contributed by atoms with Crippen LogP contribution in [-0.2, 0) is 25.5 Å². The first kappa shape index (κ1) is 27.3. The average Bonchev–Trinajstić information content (AvgIpc) is 2.77. The number of nitrogens with zero attached hydrogens (tertiary/aromatic N) is 1. The molecule has 12 heteroatoms. The van der Waals surface area contributed by atoms with Crippen LogP contribution in [0.1, 0.15) is 39.2 Å². The minimum Gasteiger partial charge on any atom is -0.480 e. The van der Waals surface area contributed by atoms with E-state index >= 15 is 0 Å². The number of rotatable bonds is 5. The van der Waals surface area contributed by atoms with Crippen molar-refractivity contribution in [1.82, 2.24) is 4.90 Å². The molecule has 2 atom stereocenters. The van der Waals surface area contributed by atoms with Crippen molar-refractivity contribution >= 4 is 21.9 Å². The number of hydrogen-bond donors (Lipinski definition) is 1. The number of sulfone groups is 1. The molecule has 0 bridgehead atoms. The van der Waals surface area contributed by atoms with Gasteiger partial charge in [-0.15, -0.1) is 0 Å². The lowest BCUT2D eigenvalue weighted by molar-refractivity contribution is -0.144. The Bertz CT molecular complexity index is 1200. The van der Waals surface area contributed by atoms with Gasteiger partial charge in [0.25, 0.3) is 0 Å². The highest BCUT2D eigenvalue weighted by Crippen LogP contribution is 2.33. The summed E-state index contributed by atoms with van der Waals surface area (Å²) >= 11 is 0. The number of benzene rings is 2. The van der Waals surface area contributed by atoms with E-state index in [0.717, 1.165) is 29.2 Å². The molecule has 8 nitrogen and oxygen atoms in total. The van der Waals surface area contributed by atoms with Gasteiger partial charge in [-0.3, -0.25) is 4.90 Å². The summed E-state index contributed by atoms with van der Waals surface area (Å²) in [5.41, 5.74) is -1.67. The number of carboxylic acids is 1. The fourth-order valence-corrected chi connectivity index (χ4v) is 5.48. The Morgan fingerprint density at radius 1 is 0.972 bits per heavy atom. The lowest BCUT2D eigenvalue weighted by atomic mass is 10.0. The number of ether oxygens (including phenoxy) is 2. The first-order valence-electron chi connectivity index (χ1n) is 11.0. The van der Waals surface area contributed by atoms with Gasteiger partial charge in [0.1, 0.15) is 23.1 Å². The van der Waals surface area contributed by atoms with Crippen molar-refractivity contribution < 1.29 is 45.8 Å². The summed E-state index contributed by atoms with van der Waals surface area (Å²) in [6, 6.07) is 7.96. The van der Waals surface area contributed by atoms with Crippen molar-refractivity contribution in [1.29, 1.82) is 0 Å². The smallest absolute Gasteiger partial charge is 0.416 e. The minimum absolute atomic E-state index is 0.0230. The zero-order valence-corrected chi connectivity index (χ0v) is 20.6. The van der Waals surface area contributed by atoms with Crippen LogP contribution in [0.5, 0.6) is 11.5 Å². The first-order chi connectivity index (χ1) is 16.6. The third kappa shape index (κ3) is 6.48. The van der Waals surface area contributed by atoms with Crippen LogP contribution < -0.4 is 4.74 Å². The van der Waals surface area contributed by atoms with Gasteiger partial charge in [-0.05, 0) is 82.1 Å². The Hall–Kier alpha value is -3.28. The summed E-state index contributed by atoms with van der Waals surface area (Å²) in [4.78, 5) is 25.2. The van der Waals surface area contributed by atoms with Crippen LogP contribution in [0.15, 0.2) is 53.4 Å². The van der Waals surface area contributed by atoms with Crippen molar-refractivity contribution in [2.24, 2.45) is 0 Å². The van der Waals surface area contributed by atoms with Crippen molar-refractivity contribution in [3.8, 4) is 11.5 Å². The maximum Gasteiger partial charge on any atom is 0.416 e. The average molecular weight is 530 g/mol. The number of alkyl halides is 3. The largest absolute Gasteiger partial charge is 0.480 e. The number of carbonyl (C=O) groups excluding carboxylic acids is 1. The molecule has 36 heavy (non-hydrogen) atoms. The van der Waals surface area contributed by atoms with Crippen molar-refractivity contribution in [2.45, 2.75) is 61.6 Å². The molecule has 1 saturated heterocycles. The first-order valence-corrected chi connectivity index (χ1v) is 12.5. The van der Waals surface area contributed by atoms with E-state index in [4.69, 9.17) is 9.47 Å². The van der Waals surface area contributed by atoms with Gasteiger partial charge >= 0.3 is 18.2 Å². The highest BCUT2D eigenvalue weighted by Gasteiger charge is 2.43. The molecule has 1 aliphatic heterocycles. The maximum absolute atomic E-state index is 13.2. The summed E-state index contributed by atoms with van der Waals surface area (Å²) in [5, 5.41) is 8.58. The van der Waals surface area contributed by atoms with E-state index in [2.05, 4.69) is 0 Å². The molecule has 0 aliphatic carbocycles. The van der Waals surface area contributed by atoms with Gasteiger partial charge in [-0.2, -0.15) is 13.2 Å². The van der Waals surface area contributed by atoms with Crippen molar-refractivity contribution in [2.75, 3.05) is 6.54 Å². The Morgan fingerprint density at radius 3 is 1.97 bits per heavy atom. The van der Waals surface area contributed by atoms with Crippen molar-refractivity contribution in [3.63, 3.8) is 0 Å². The Morgan fingerprint density at radius 2 is 1.50 bits per heavy atom. The van der Waals surface area contributed by atoms with E-state index in [0.29, 0.717) is 0 Å². The fraction of sp³-hybridized carbons (Fsp3) is 0.417. The molecule has 2 aromatic carbocycles. The van der Waals surface area contributed by atoms with Gasteiger partial charge < -0.3 is 14.6 Å². The number of likely N-dealkylation sites (tertiary alicyclic amines) is 1. The summed E-state index contributed by atoms with van der Waals surface area (Å²) in [5.74, 6) is -0.990. The van der Waals surface area contributed by atoms with E-state index in [1.165, 1.54) is 24.3 Å². The van der Waals surface area contributed by atoms with Gasteiger partial charge in [-0.25, -0.2) is 18.0 Å². The van der Waals surface area contributed by atoms with Crippen LogP contribution in [0.4, 0.5) is 18.0 Å². The maximum atomic E-state index is 13.2. The summed E-state index contributed by atoms with van der Waals surface area (Å²) in [6.07, 6.45) is -5.58. The van der Waals surface area contributed by atoms with E-state index in [9.17, 15) is 36.3 Å². The number of piperidine rings is 1. The Labute approximate surface area is 206 Å². The van der Waals surface area contributed by atoms with Crippen LogP contribution >= 0.6 is 0 Å². The predicted molar refractivity (Wildman–Crippen MR) is 123 cm³/mol. The van der Waals surface area contributed by atoms with Gasteiger partial charge in [0, 0.05) is 6.54 Å². The topological polar surface area (TPSA) is 110 Å². The van der Waals surface area contributed by atoms with E-state index in [1.807, 2.05) is 0 Å². The van der Waals surface area contributed by atoms with Crippen LogP contribution in [0.25, 0.3) is 0 Å². The molecule has 1 aliphatic rings. The second kappa shape index (κ2) is 10.00. The molecule has 2 unspecified atom stereocenters.